The molecule has 0 saturated carbocycles. The van der Waals surface area contributed by atoms with Gasteiger partial charge in [0, 0.05) is 0 Å². The Morgan fingerprint density at radius 1 is 1.54 bits per heavy atom. The van der Waals surface area contributed by atoms with Crippen LogP contribution in [0.5, 0.6) is 0 Å². The zero-order chi connectivity index (χ0) is 8.10. The maximum Gasteiger partial charge on any atom is 2.00 e. The van der Waals surface area contributed by atoms with Crippen molar-refractivity contribution in [3.8, 4) is 0 Å². The third kappa shape index (κ3) is 6.83. The van der Waals surface area contributed by atoms with Gasteiger partial charge >= 0.3 is 23.1 Å². The van der Waals surface area contributed by atoms with Gasteiger partial charge in [-0.15, -0.1) is 4.90 Å². The van der Waals surface area contributed by atoms with Gasteiger partial charge in [0.1, 0.15) is 0 Å². The molecular formula is C10H13BrMgS. The molecular weight excluding hydrogens is 256 g/mol. The summed E-state index contributed by atoms with van der Waals surface area (Å²) in [5.41, 5.74) is 0. The average molecular weight is 269 g/mol. The van der Waals surface area contributed by atoms with Gasteiger partial charge in [-0.05, 0) is 11.7 Å². The van der Waals surface area contributed by atoms with Gasteiger partial charge < -0.3 is 17.0 Å². The molecule has 1 aromatic carbocycles. The Kier molecular flexibility index (Phi) is 11.7. The van der Waals surface area contributed by atoms with Gasteiger partial charge in [0.25, 0.3) is 0 Å². The third-order valence-electron chi connectivity index (χ3n) is 1.59. The number of hydrogen-bond donors (Lipinski definition) is 0. The van der Waals surface area contributed by atoms with E-state index >= 15 is 0 Å². The Morgan fingerprint density at radius 2 is 2.23 bits per heavy atom. The second kappa shape index (κ2) is 9.37. The van der Waals surface area contributed by atoms with Crippen molar-refractivity contribution < 1.29 is 17.0 Å². The monoisotopic (exact) mass is 268 g/mol. The first kappa shape index (κ1) is 16.3. The van der Waals surface area contributed by atoms with E-state index in [9.17, 15) is 0 Å². The van der Waals surface area contributed by atoms with Gasteiger partial charge in [-0.3, -0.25) is 0 Å². The number of halogens is 1. The molecule has 0 saturated heterocycles. The summed E-state index contributed by atoms with van der Waals surface area (Å²) in [4.78, 5) is 1.32. The second-order valence-electron chi connectivity index (χ2n) is 2.58. The maximum absolute atomic E-state index is 3.07. The van der Waals surface area contributed by atoms with Crippen molar-refractivity contribution in [2.45, 2.75) is 30.4 Å². The molecule has 0 aliphatic rings. The first-order valence-electron chi connectivity index (χ1n) is 3.95. The Hall–Kier alpha value is 0.816. The predicted octanol–water partition coefficient (Wildman–Crippen LogP) is 0.000590. The molecule has 1 rings (SSSR count). The summed E-state index contributed by atoms with van der Waals surface area (Å²) < 4.78 is 0. The zero-order valence-corrected chi connectivity index (χ0v) is 11.9. The van der Waals surface area contributed by atoms with Crippen molar-refractivity contribution in [1.82, 2.24) is 0 Å². The summed E-state index contributed by atoms with van der Waals surface area (Å²) in [5, 5.41) is 0.714. The van der Waals surface area contributed by atoms with Gasteiger partial charge in [0.2, 0.25) is 0 Å². The zero-order valence-electron chi connectivity index (χ0n) is 8.09. The Labute approximate surface area is 112 Å². The molecule has 0 radical (unpaired) electrons. The molecule has 13 heavy (non-hydrogen) atoms. The van der Waals surface area contributed by atoms with Crippen LogP contribution in [0.2, 0.25) is 0 Å². The molecule has 0 spiro atoms. The van der Waals surface area contributed by atoms with E-state index in [1.165, 1.54) is 11.3 Å². The minimum atomic E-state index is 0. The molecule has 0 aromatic heterocycles. The third-order valence-corrected chi connectivity index (χ3v) is 2.85. The van der Waals surface area contributed by atoms with Crippen LogP contribution in [0.4, 0.5) is 0 Å². The Morgan fingerprint density at radius 3 is 2.69 bits per heavy atom. The van der Waals surface area contributed by atoms with Gasteiger partial charge in [0.15, 0.2) is 0 Å². The van der Waals surface area contributed by atoms with Crippen molar-refractivity contribution in [3.63, 3.8) is 0 Å². The summed E-state index contributed by atoms with van der Waals surface area (Å²) in [6, 6.07) is 11.2. The summed E-state index contributed by atoms with van der Waals surface area (Å²) in [5.74, 6) is 0. The summed E-state index contributed by atoms with van der Waals surface area (Å²) >= 11 is 1.91. The molecule has 0 bridgehead atoms. The van der Waals surface area contributed by atoms with Crippen LogP contribution < -0.4 is 17.0 Å². The number of rotatable bonds is 3. The van der Waals surface area contributed by atoms with Crippen LogP contribution in [0.3, 0.4) is 0 Å². The van der Waals surface area contributed by atoms with E-state index in [4.69, 9.17) is 0 Å². The molecule has 0 heterocycles. The average Bonchev–Trinajstić information content (AvgIpc) is 2.06. The topological polar surface area (TPSA) is 0 Å². The molecule has 0 N–H and O–H groups in total. The van der Waals surface area contributed by atoms with Crippen molar-refractivity contribution in [2.75, 3.05) is 0 Å². The standard InChI is InChI=1S/C10H13S.BrH.Mg/c1-3-9(2)11-10-7-5-4-6-8-10;;/h4-5,7-9H,3H2,1-2H3;1H;/q-1;;+2/p-1. The van der Waals surface area contributed by atoms with Crippen LogP contribution in [0.25, 0.3) is 0 Å². The van der Waals surface area contributed by atoms with Crippen molar-refractivity contribution in [2.24, 2.45) is 0 Å². The summed E-state index contributed by atoms with van der Waals surface area (Å²) in [7, 11) is 0. The Balaban J connectivity index is 0. The molecule has 1 aromatic rings. The molecule has 0 aliphatic heterocycles. The van der Waals surface area contributed by atoms with Crippen LogP contribution in [-0.4, -0.2) is 28.3 Å². The maximum atomic E-state index is 3.07. The number of benzene rings is 1. The molecule has 3 heteroatoms. The minimum Gasteiger partial charge on any atom is -1.00 e. The van der Waals surface area contributed by atoms with E-state index in [0.717, 1.165) is 0 Å². The minimum absolute atomic E-state index is 0. The van der Waals surface area contributed by atoms with Crippen LogP contribution >= 0.6 is 11.8 Å². The van der Waals surface area contributed by atoms with E-state index in [1.807, 2.05) is 30.0 Å². The molecule has 68 valence electrons. The molecule has 0 amide bonds. The van der Waals surface area contributed by atoms with E-state index in [-0.39, 0.29) is 40.0 Å². The first-order valence-corrected chi connectivity index (χ1v) is 4.83. The van der Waals surface area contributed by atoms with E-state index in [1.54, 1.807) is 0 Å². The molecule has 0 aliphatic carbocycles. The number of thioether (sulfide) groups is 1. The van der Waals surface area contributed by atoms with E-state index < -0.39 is 0 Å². The van der Waals surface area contributed by atoms with Crippen LogP contribution in [0.15, 0.2) is 29.2 Å². The van der Waals surface area contributed by atoms with E-state index in [2.05, 4.69) is 26.0 Å². The number of hydrogen-bond acceptors (Lipinski definition) is 1. The van der Waals surface area contributed by atoms with Crippen LogP contribution in [0, 0.1) is 6.07 Å². The fourth-order valence-electron chi connectivity index (χ4n) is 0.766. The summed E-state index contributed by atoms with van der Waals surface area (Å²) in [6.45, 7) is 4.46. The first-order chi connectivity index (χ1) is 5.33. The Bertz CT molecular complexity index is 203. The SMILES string of the molecule is CCC(C)Sc1c[c-]ccc1.[Br-].[Mg+2]. The smallest absolute Gasteiger partial charge is 1.00 e. The molecule has 1 atom stereocenters. The second-order valence-corrected chi connectivity index (χ2v) is 4.09. The van der Waals surface area contributed by atoms with Gasteiger partial charge in [0.05, 0.1) is 0 Å². The normalized spacial score (nSPS) is 10.9. The molecule has 0 nitrogen and oxygen atoms in total. The largest absolute Gasteiger partial charge is 2.00 e. The van der Waals surface area contributed by atoms with Crippen molar-refractivity contribution in [3.05, 3.63) is 30.3 Å². The molecule has 0 fully saturated rings. The predicted molar refractivity (Wildman–Crippen MR) is 56.6 cm³/mol. The van der Waals surface area contributed by atoms with Crippen molar-refractivity contribution in [1.29, 1.82) is 0 Å². The van der Waals surface area contributed by atoms with Crippen molar-refractivity contribution >= 4 is 34.8 Å². The van der Waals surface area contributed by atoms with Gasteiger partial charge in [-0.25, -0.2) is 0 Å². The van der Waals surface area contributed by atoms with Gasteiger partial charge in [-0.2, -0.15) is 42.1 Å². The summed E-state index contributed by atoms with van der Waals surface area (Å²) in [6.07, 6.45) is 1.22. The van der Waals surface area contributed by atoms with E-state index in [0.29, 0.717) is 5.25 Å². The fourth-order valence-corrected chi connectivity index (χ4v) is 1.69. The van der Waals surface area contributed by atoms with Crippen LogP contribution in [0.1, 0.15) is 20.3 Å². The molecule has 1 unspecified atom stereocenters. The quantitative estimate of drug-likeness (QED) is 0.423. The van der Waals surface area contributed by atoms with Gasteiger partial charge in [-0.1, -0.05) is 13.8 Å². The fraction of sp³-hybridized carbons (Fsp3) is 0.400. The van der Waals surface area contributed by atoms with Crippen LogP contribution in [-0.2, 0) is 0 Å².